The van der Waals surface area contributed by atoms with Crippen LogP contribution < -0.4 is 15.4 Å². The van der Waals surface area contributed by atoms with Gasteiger partial charge in [0.2, 0.25) is 0 Å². The normalized spacial score (nSPS) is 10.4. The molecule has 2 aromatic carbocycles. The van der Waals surface area contributed by atoms with Crippen LogP contribution in [0.3, 0.4) is 0 Å². The summed E-state index contributed by atoms with van der Waals surface area (Å²) in [5, 5.41) is 5.78. The molecule has 0 aliphatic rings. The molecule has 0 aromatic heterocycles. The van der Waals surface area contributed by atoms with Gasteiger partial charge in [-0.25, -0.2) is 4.79 Å². The van der Waals surface area contributed by atoms with Crippen LogP contribution in [0.5, 0.6) is 5.75 Å². The van der Waals surface area contributed by atoms with E-state index in [9.17, 15) is 4.79 Å². The van der Waals surface area contributed by atoms with Crippen molar-refractivity contribution in [3.05, 3.63) is 53.6 Å². The van der Waals surface area contributed by atoms with Gasteiger partial charge in [-0.3, -0.25) is 0 Å². The lowest BCUT2D eigenvalue weighted by Gasteiger charge is -2.17. The van der Waals surface area contributed by atoms with Crippen molar-refractivity contribution in [3.63, 3.8) is 0 Å². The van der Waals surface area contributed by atoms with Gasteiger partial charge in [-0.15, -0.1) is 0 Å². The van der Waals surface area contributed by atoms with E-state index in [2.05, 4.69) is 24.5 Å². The lowest BCUT2D eigenvalue weighted by atomic mass is 9.98. The molecule has 2 rings (SSSR count). The van der Waals surface area contributed by atoms with Crippen LogP contribution in [0, 0.1) is 6.92 Å². The zero-order chi connectivity index (χ0) is 16.1. The van der Waals surface area contributed by atoms with E-state index in [1.165, 1.54) is 0 Å². The summed E-state index contributed by atoms with van der Waals surface area (Å²) in [6, 6.07) is 13.1. The maximum atomic E-state index is 12.3. The molecule has 116 valence electrons. The Kier molecular flexibility index (Phi) is 5.04. The molecule has 0 saturated heterocycles. The van der Waals surface area contributed by atoms with E-state index in [1.54, 1.807) is 13.2 Å². The molecule has 0 fully saturated rings. The number of para-hydroxylation sites is 3. The number of nitrogens with one attached hydrogen (secondary N) is 2. The number of ether oxygens (including phenoxy) is 1. The molecule has 0 aliphatic carbocycles. The largest absolute Gasteiger partial charge is 0.495 e. The number of aryl methyl sites for hydroxylation is 1. The van der Waals surface area contributed by atoms with Gasteiger partial charge in [-0.1, -0.05) is 44.2 Å². The Labute approximate surface area is 131 Å². The van der Waals surface area contributed by atoms with Crippen LogP contribution in [-0.4, -0.2) is 13.1 Å². The first-order valence-corrected chi connectivity index (χ1v) is 7.33. The fourth-order valence-corrected chi connectivity index (χ4v) is 2.36. The fraction of sp³-hybridized carbons (Fsp3) is 0.278. The SMILES string of the molecule is COc1ccccc1NC(=O)Nc1c(C)cccc1C(C)C. The monoisotopic (exact) mass is 298 g/mol. The quantitative estimate of drug-likeness (QED) is 0.854. The van der Waals surface area contributed by atoms with Crippen LogP contribution in [0.15, 0.2) is 42.5 Å². The van der Waals surface area contributed by atoms with Crippen LogP contribution in [0.2, 0.25) is 0 Å². The Balaban J connectivity index is 2.19. The van der Waals surface area contributed by atoms with Gasteiger partial charge in [-0.2, -0.15) is 0 Å². The lowest BCUT2D eigenvalue weighted by molar-refractivity contribution is 0.262. The third-order valence-corrected chi connectivity index (χ3v) is 3.52. The molecular formula is C18H22N2O2. The van der Waals surface area contributed by atoms with E-state index in [1.807, 2.05) is 43.3 Å². The first kappa shape index (κ1) is 15.9. The maximum absolute atomic E-state index is 12.3. The molecule has 0 unspecified atom stereocenters. The third kappa shape index (κ3) is 3.58. The Morgan fingerprint density at radius 3 is 2.45 bits per heavy atom. The van der Waals surface area contributed by atoms with E-state index < -0.39 is 0 Å². The van der Waals surface area contributed by atoms with Gasteiger partial charge in [0.15, 0.2) is 0 Å². The molecular weight excluding hydrogens is 276 g/mol. The number of carbonyl (C=O) groups is 1. The van der Waals surface area contributed by atoms with E-state index in [4.69, 9.17) is 4.74 Å². The summed E-state index contributed by atoms with van der Waals surface area (Å²) in [4.78, 5) is 12.3. The molecule has 4 heteroatoms. The molecule has 0 saturated carbocycles. The van der Waals surface area contributed by atoms with Gasteiger partial charge < -0.3 is 15.4 Å². The van der Waals surface area contributed by atoms with Crippen molar-refractivity contribution >= 4 is 17.4 Å². The Morgan fingerprint density at radius 1 is 1.05 bits per heavy atom. The number of hydrogen-bond acceptors (Lipinski definition) is 2. The number of amides is 2. The van der Waals surface area contributed by atoms with Crippen LogP contribution in [-0.2, 0) is 0 Å². The van der Waals surface area contributed by atoms with Crippen molar-refractivity contribution in [2.75, 3.05) is 17.7 Å². The predicted octanol–water partition coefficient (Wildman–Crippen LogP) is 4.77. The second-order valence-corrected chi connectivity index (χ2v) is 5.47. The van der Waals surface area contributed by atoms with Crippen molar-refractivity contribution in [2.45, 2.75) is 26.7 Å². The van der Waals surface area contributed by atoms with E-state index >= 15 is 0 Å². The van der Waals surface area contributed by atoms with Crippen LogP contribution in [0.4, 0.5) is 16.2 Å². The number of rotatable bonds is 4. The minimum absolute atomic E-state index is 0.277. The van der Waals surface area contributed by atoms with Gasteiger partial charge in [-0.05, 0) is 36.1 Å². The standard InChI is InChI=1S/C18H22N2O2/c1-12(2)14-9-7-8-13(3)17(14)20-18(21)19-15-10-5-6-11-16(15)22-4/h5-12H,1-4H3,(H2,19,20,21). The van der Waals surface area contributed by atoms with Crippen molar-refractivity contribution in [1.29, 1.82) is 0 Å². The zero-order valence-corrected chi connectivity index (χ0v) is 13.4. The Bertz CT molecular complexity index is 666. The number of benzene rings is 2. The summed E-state index contributed by atoms with van der Waals surface area (Å²) in [7, 11) is 1.58. The second-order valence-electron chi connectivity index (χ2n) is 5.47. The Hall–Kier alpha value is -2.49. The maximum Gasteiger partial charge on any atom is 0.323 e. The zero-order valence-electron chi connectivity index (χ0n) is 13.4. The average molecular weight is 298 g/mol. The third-order valence-electron chi connectivity index (χ3n) is 3.52. The first-order chi connectivity index (χ1) is 10.5. The molecule has 0 spiro atoms. The molecule has 0 aliphatic heterocycles. The van der Waals surface area contributed by atoms with Crippen molar-refractivity contribution in [2.24, 2.45) is 0 Å². The minimum Gasteiger partial charge on any atom is -0.495 e. The minimum atomic E-state index is -0.277. The van der Waals surface area contributed by atoms with Crippen molar-refractivity contribution in [1.82, 2.24) is 0 Å². The molecule has 2 N–H and O–H groups in total. The molecule has 22 heavy (non-hydrogen) atoms. The van der Waals surface area contributed by atoms with Gasteiger partial charge in [0.25, 0.3) is 0 Å². The predicted molar refractivity (Wildman–Crippen MR) is 90.9 cm³/mol. The van der Waals surface area contributed by atoms with Crippen molar-refractivity contribution in [3.8, 4) is 5.75 Å². The number of urea groups is 1. The van der Waals surface area contributed by atoms with Gasteiger partial charge in [0.05, 0.1) is 12.8 Å². The summed E-state index contributed by atoms with van der Waals surface area (Å²) in [5.74, 6) is 0.966. The average Bonchev–Trinajstić information content (AvgIpc) is 2.49. The van der Waals surface area contributed by atoms with Crippen LogP contribution in [0.1, 0.15) is 30.9 Å². The highest BCUT2D eigenvalue weighted by molar-refractivity contribution is 6.01. The summed E-state index contributed by atoms with van der Waals surface area (Å²) < 4.78 is 5.24. The summed E-state index contributed by atoms with van der Waals surface area (Å²) in [6.45, 7) is 6.21. The molecule has 0 radical (unpaired) electrons. The van der Waals surface area contributed by atoms with Gasteiger partial charge in [0, 0.05) is 5.69 Å². The summed E-state index contributed by atoms with van der Waals surface area (Å²) in [5.41, 5.74) is 3.67. The van der Waals surface area contributed by atoms with E-state index in [-0.39, 0.29) is 6.03 Å². The highest BCUT2D eigenvalue weighted by Crippen LogP contribution is 2.28. The fourth-order valence-electron chi connectivity index (χ4n) is 2.36. The van der Waals surface area contributed by atoms with E-state index in [0.717, 1.165) is 16.8 Å². The molecule has 2 aromatic rings. The highest BCUT2D eigenvalue weighted by Gasteiger charge is 2.13. The lowest BCUT2D eigenvalue weighted by Crippen LogP contribution is -2.21. The molecule has 4 nitrogen and oxygen atoms in total. The van der Waals surface area contributed by atoms with Gasteiger partial charge >= 0.3 is 6.03 Å². The Morgan fingerprint density at radius 2 is 1.77 bits per heavy atom. The summed E-state index contributed by atoms with van der Waals surface area (Å²) >= 11 is 0. The van der Waals surface area contributed by atoms with E-state index in [0.29, 0.717) is 17.4 Å². The second kappa shape index (κ2) is 6.98. The number of hydrogen-bond donors (Lipinski definition) is 2. The number of anilines is 2. The summed E-state index contributed by atoms with van der Waals surface area (Å²) in [6.07, 6.45) is 0. The molecule has 2 amide bonds. The van der Waals surface area contributed by atoms with Gasteiger partial charge in [0.1, 0.15) is 5.75 Å². The van der Waals surface area contributed by atoms with Crippen molar-refractivity contribution < 1.29 is 9.53 Å². The topological polar surface area (TPSA) is 50.4 Å². The smallest absolute Gasteiger partial charge is 0.323 e. The molecule has 0 heterocycles. The van der Waals surface area contributed by atoms with Crippen LogP contribution >= 0.6 is 0 Å². The highest BCUT2D eigenvalue weighted by atomic mass is 16.5. The molecule has 0 bridgehead atoms. The molecule has 0 atom stereocenters. The first-order valence-electron chi connectivity index (χ1n) is 7.33. The number of methoxy groups -OCH3 is 1. The number of carbonyl (C=O) groups excluding carboxylic acids is 1. The van der Waals surface area contributed by atoms with Crippen LogP contribution in [0.25, 0.3) is 0 Å².